The molecule has 0 aromatic heterocycles. The molecule has 0 aliphatic heterocycles. The molecule has 1 aromatic rings. The molecule has 0 bridgehead atoms. The van der Waals surface area contributed by atoms with Crippen molar-refractivity contribution in [2.45, 2.75) is 33.6 Å². The molecule has 7 nitrogen and oxygen atoms in total. The van der Waals surface area contributed by atoms with Gasteiger partial charge >= 0.3 is 12.1 Å². The van der Waals surface area contributed by atoms with Crippen LogP contribution in [0.25, 0.3) is 0 Å². The largest absolute Gasteiger partial charge is 0.518 e. The minimum Gasteiger partial charge on any atom is -0.426 e. The van der Waals surface area contributed by atoms with Crippen molar-refractivity contribution in [3.05, 3.63) is 37.1 Å². The summed E-state index contributed by atoms with van der Waals surface area (Å²) in [5, 5.41) is 0. The molecule has 4 atom stereocenters. The summed E-state index contributed by atoms with van der Waals surface area (Å²) in [4.78, 5) is 49.4. The van der Waals surface area contributed by atoms with Gasteiger partial charge in [-0.1, -0.05) is 20.4 Å². The van der Waals surface area contributed by atoms with Gasteiger partial charge in [0, 0.05) is 10.8 Å². The van der Waals surface area contributed by atoms with Crippen LogP contribution in [0.5, 0.6) is 11.5 Å². The van der Waals surface area contributed by atoms with E-state index in [1.54, 1.807) is 20.8 Å². The maximum absolute atomic E-state index is 13.0. The Morgan fingerprint density at radius 1 is 0.964 bits per heavy atom. The van der Waals surface area contributed by atoms with E-state index in [9.17, 15) is 19.2 Å². The van der Waals surface area contributed by atoms with Gasteiger partial charge in [-0.25, -0.2) is 4.79 Å². The van der Waals surface area contributed by atoms with E-state index in [0.29, 0.717) is 12.8 Å². The van der Waals surface area contributed by atoms with Gasteiger partial charge in [-0.2, -0.15) is 0 Å². The molecule has 4 unspecified atom stereocenters. The number of benzene rings is 1. The fraction of sp³-hybridized carbons (Fsp3) is 0.429. The Morgan fingerprint density at radius 2 is 1.54 bits per heavy atom. The fourth-order valence-electron chi connectivity index (χ4n) is 5.91. The molecule has 7 heteroatoms. The van der Waals surface area contributed by atoms with Gasteiger partial charge in [-0.3, -0.25) is 14.4 Å². The van der Waals surface area contributed by atoms with Gasteiger partial charge in [0.15, 0.2) is 0 Å². The number of ketones is 2. The lowest BCUT2D eigenvalue weighted by Gasteiger charge is -2.46. The van der Waals surface area contributed by atoms with Gasteiger partial charge in [0.05, 0.1) is 17.1 Å². The number of ether oxygens (including phenoxy) is 3. The van der Waals surface area contributed by atoms with Crippen molar-refractivity contribution < 1.29 is 33.4 Å². The summed E-state index contributed by atoms with van der Waals surface area (Å²) in [5.74, 6) is -0.892. The Bertz CT molecular complexity index is 948. The molecule has 4 rings (SSSR count). The molecule has 3 fully saturated rings. The lowest BCUT2D eigenvalue weighted by atomic mass is 9.55. The Balaban J connectivity index is 1.53. The lowest BCUT2D eigenvalue weighted by Crippen LogP contribution is -2.50. The first-order valence-corrected chi connectivity index (χ1v) is 9.01. The van der Waals surface area contributed by atoms with Crippen LogP contribution in [-0.2, 0) is 19.1 Å². The summed E-state index contributed by atoms with van der Waals surface area (Å²) in [7, 11) is 0. The van der Waals surface area contributed by atoms with Gasteiger partial charge in [0.25, 0.3) is 0 Å². The summed E-state index contributed by atoms with van der Waals surface area (Å²) >= 11 is 0. The highest BCUT2D eigenvalue weighted by Crippen LogP contribution is 2.94. The van der Waals surface area contributed by atoms with Gasteiger partial charge in [-0.05, 0) is 44.0 Å². The van der Waals surface area contributed by atoms with Crippen LogP contribution in [-0.4, -0.2) is 23.7 Å². The zero-order valence-corrected chi connectivity index (χ0v) is 15.9. The Labute approximate surface area is 161 Å². The quantitative estimate of drug-likeness (QED) is 0.258. The molecule has 0 N–H and O–H groups in total. The van der Waals surface area contributed by atoms with Crippen LogP contribution in [0.15, 0.2) is 37.1 Å². The highest BCUT2D eigenvalue weighted by Gasteiger charge is 3.01. The zero-order chi connectivity index (χ0) is 20.5. The highest BCUT2D eigenvalue weighted by molar-refractivity contribution is 6.47. The van der Waals surface area contributed by atoms with E-state index < -0.39 is 39.6 Å². The molecule has 1 spiro atoms. The van der Waals surface area contributed by atoms with Gasteiger partial charge in [0.1, 0.15) is 11.5 Å². The normalized spacial score (nSPS) is 37.2. The smallest absolute Gasteiger partial charge is 0.426 e. The first kappa shape index (κ1) is 18.4. The van der Waals surface area contributed by atoms with Crippen LogP contribution in [0.4, 0.5) is 4.79 Å². The predicted octanol–water partition coefficient (Wildman–Crippen LogP) is 3.22. The van der Waals surface area contributed by atoms with Crippen LogP contribution in [0.2, 0.25) is 0 Å². The van der Waals surface area contributed by atoms with E-state index >= 15 is 0 Å². The average molecular weight is 384 g/mol. The minimum absolute atomic E-state index is 0.207. The summed E-state index contributed by atoms with van der Waals surface area (Å²) < 4.78 is 14.9. The summed E-state index contributed by atoms with van der Waals surface area (Å²) in [5.41, 5.74) is -3.49. The summed E-state index contributed by atoms with van der Waals surface area (Å²) in [6.07, 6.45) is 1.29. The standard InChI is InChI=1S/C21H20O7/c1-5-26-17(25)28-13-8-6-12(7-9-13)27-16(24)20(4)19(3)15(23)14(22)18(2)10-11-21(18,19)20/h5-9H,1,10-11H2,2-4H3. The Morgan fingerprint density at radius 3 is 2.00 bits per heavy atom. The second-order valence-corrected chi connectivity index (χ2v) is 8.14. The molecule has 0 radical (unpaired) electrons. The van der Waals surface area contributed by atoms with Crippen LogP contribution in [0.3, 0.4) is 0 Å². The number of Topliss-reactive ketones (excluding diaryl/α,β-unsaturated/α-hetero) is 2. The van der Waals surface area contributed by atoms with E-state index in [1.807, 2.05) is 0 Å². The molecule has 28 heavy (non-hydrogen) atoms. The first-order chi connectivity index (χ1) is 13.1. The summed E-state index contributed by atoms with van der Waals surface area (Å²) in [6.45, 7) is 8.47. The Kier molecular flexibility index (Phi) is 3.49. The van der Waals surface area contributed by atoms with E-state index in [1.165, 1.54) is 24.3 Å². The maximum Gasteiger partial charge on any atom is 0.518 e. The highest BCUT2D eigenvalue weighted by atomic mass is 16.7. The van der Waals surface area contributed by atoms with Crippen molar-refractivity contribution in [2.75, 3.05) is 0 Å². The van der Waals surface area contributed by atoms with E-state index in [4.69, 9.17) is 9.47 Å². The molecular formula is C21H20O7. The molecule has 0 heterocycles. The second-order valence-electron chi connectivity index (χ2n) is 8.14. The van der Waals surface area contributed by atoms with Crippen molar-refractivity contribution in [1.82, 2.24) is 0 Å². The number of esters is 1. The lowest BCUT2D eigenvalue weighted by molar-refractivity contribution is -0.155. The Hall–Kier alpha value is -2.96. The molecular weight excluding hydrogens is 364 g/mol. The predicted molar refractivity (Wildman–Crippen MR) is 95.4 cm³/mol. The minimum atomic E-state index is -1.04. The number of rotatable bonds is 4. The molecule has 0 saturated heterocycles. The third-order valence-electron chi connectivity index (χ3n) is 7.57. The third kappa shape index (κ3) is 1.70. The third-order valence-corrected chi connectivity index (χ3v) is 7.57. The van der Waals surface area contributed by atoms with E-state index in [0.717, 1.165) is 6.26 Å². The van der Waals surface area contributed by atoms with Crippen molar-refractivity contribution in [3.8, 4) is 11.5 Å². The molecule has 0 amide bonds. The number of carbonyl (C=O) groups is 4. The van der Waals surface area contributed by atoms with Crippen molar-refractivity contribution >= 4 is 23.7 Å². The van der Waals surface area contributed by atoms with Crippen molar-refractivity contribution in [1.29, 1.82) is 0 Å². The second kappa shape index (κ2) is 5.31. The van der Waals surface area contributed by atoms with Crippen molar-refractivity contribution in [2.24, 2.45) is 21.7 Å². The monoisotopic (exact) mass is 384 g/mol. The molecule has 3 aliphatic carbocycles. The zero-order valence-electron chi connectivity index (χ0n) is 15.9. The molecule has 3 aliphatic rings. The van der Waals surface area contributed by atoms with Crippen LogP contribution in [0, 0.1) is 21.7 Å². The number of hydrogen-bond acceptors (Lipinski definition) is 7. The van der Waals surface area contributed by atoms with E-state index in [-0.39, 0.29) is 17.3 Å². The summed E-state index contributed by atoms with van der Waals surface area (Å²) in [6, 6.07) is 5.85. The van der Waals surface area contributed by atoms with Crippen LogP contribution < -0.4 is 9.47 Å². The molecule has 146 valence electrons. The van der Waals surface area contributed by atoms with E-state index in [2.05, 4.69) is 11.3 Å². The fourth-order valence-corrected chi connectivity index (χ4v) is 5.91. The molecule has 1 aromatic carbocycles. The maximum atomic E-state index is 13.0. The molecule has 3 saturated carbocycles. The number of carbonyl (C=O) groups excluding carboxylic acids is 4. The van der Waals surface area contributed by atoms with Crippen LogP contribution in [0.1, 0.15) is 33.6 Å². The van der Waals surface area contributed by atoms with Gasteiger partial charge < -0.3 is 14.2 Å². The average Bonchev–Trinajstić information content (AvgIpc) is 3.13. The van der Waals surface area contributed by atoms with Crippen molar-refractivity contribution in [3.63, 3.8) is 0 Å². The van der Waals surface area contributed by atoms with Crippen LogP contribution >= 0.6 is 0 Å². The SMILES string of the molecule is C=COC(=O)Oc1ccc(OC(=O)C2(C)C3(C)C(=O)C(=O)C4(C)CCC423)cc1. The topological polar surface area (TPSA) is 96.0 Å². The van der Waals surface area contributed by atoms with Gasteiger partial charge in [0.2, 0.25) is 11.6 Å². The van der Waals surface area contributed by atoms with Gasteiger partial charge in [-0.15, -0.1) is 0 Å². The number of hydrogen-bond donors (Lipinski definition) is 0. The first-order valence-electron chi connectivity index (χ1n) is 9.01.